The van der Waals surface area contributed by atoms with Crippen LogP contribution in [0.2, 0.25) is 0 Å². The number of fused-ring (bicyclic) bond motifs is 2. The molecule has 1 aliphatic rings. The molecule has 3 aromatic rings. The van der Waals surface area contributed by atoms with Crippen LogP contribution in [0.25, 0.3) is 11.0 Å². The lowest BCUT2D eigenvalue weighted by Gasteiger charge is -2.00. The van der Waals surface area contributed by atoms with Crippen molar-refractivity contribution in [2.24, 2.45) is 0 Å². The number of para-hydroxylation sites is 1. The van der Waals surface area contributed by atoms with Gasteiger partial charge in [-0.3, -0.25) is 4.98 Å². The fourth-order valence-electron chi connectivity index (χ4n) is 2.37. The van der Waals surface area contributed by atoms with Gasteiger partial charge >= 0.3 is 0 Å². The number of furan rings is 1. The van der Waals surface area contributed by atoms with Gasteiger partial charge in [0.05, 0.1) is 6.20 Å². The van der Waals surface area contributed by atoms with Crippen LogP contribution in [0, 0.1) is 6.92 Å². The van der Waals surface area contributed by atoms with Gasteiger partial charge in [0, 0.05) is 18.0 Å². The first-order valence-electron chi connectivity index (χ1n) is 6.77. The highest BCUT2D eigenvalue weighted by Gasteiger charge is 2.16. The van der Waals surface area contributed by atoms with Gasteiger partial charge in [0.25, 0.3) is 0 Å². The van der Waals surface area contributed by atoms with Crippen molar-refractivity contribution in [3.8, 4) is 5.75 Å². The van der Waals surface area contributed by atoms with Gasteiger partial charge in [0.15, 0.2) is 5.58 Å². The van der Waals surface area contributed by atoms with Crippen molar-refractivity contribution in [2.45, 2.75) is 26.4 Å². The summed E-state index contributed by atoms with van der Waals surface area (Å²) in [6, 6.07) is 12.2. The summed E-state index contributed by atoms with van der Waals surface area (Å²) in [5, 5.41) is 1.12. The Morgan fingerprint density at radius 1 is 1.20 bits per heavy atom. The van der Waals surface area contributed by atoms with E-state index in [1.54, 1.807) is 12.4 Å². The minimum absolute atomic E-state index is 0.373. The smallest absolute Gasteiger partial charge is 0.152 e. The molecule has 3 heterocycles. The summed E-state index contributed by atoms with van der Waals surface area (Å²) < 4.78 is 10.8. The highest BCUT2D eigenvalue weighted by Crippen LogP contribution is 2.27. The average Bonchev–Trinajstić information content (AvgIpc) is 2.99. The second-order valence-electron chi connectivity index (χ2n) is 5.01. The van der Waals surface area contributed by atoms with Crippen LogP contribution >= 0.6 is 0 Å². The monoisotopic (exact) mass is 267 g/mol. The summed E-state index contributed by atoms with van der Waals surface area (Å²) in [5.41, 5.74) is 2.20. The Kier molecular flexibility index (Phi) is 3.42. The maximum Gasteiger partial charge on any atom is 0.152 e. The highest BCUT2D eigenvalue weighted by atomic mass is 16.5. The van der Waals surface area contributed by atoms with Crippen LogP contribution in [-0.2, 0) is 6.42 Å². The number of aromatic nitrogens is 1. The lowest BCUT2D eigenvalue weighted by molar-refractivity contribution is 0.254. The number of rotatable bonds is 0. The molecule has 0 radical (unpaired) electrons. The van der Waals surface area contributed by atoms with Crippen LogP contribution in [0.15, 0.2) is 53.2 Å². The third kappa shape index (κ3) is 2.67. The average molecular weight is 267 g/mol. The molecule has 3 nitrogen and oxygen atoms in total. The van der Waals surface area contributed by atoms with Crippen molar-refractivity contribution >= 4 is 11.0 Å². The molecule has 4 rings (SSSR count). The number of benzene rings is 1. The van der Waals surface area contributed by atoms with Gasteiger partial charge < -0.3 is 9.15 Å². The summed E-state index contributed by atoms with van der Waals surface area (Å²) in [5.74, 6) is 2.00. The summed E-state index contributed by atoms with van der Waals surface area (Å²) in [4.78, 5) is 3.93. The minimum atomic E-state index is 0.373. The van der Waals surface area contributed by atoms with Crippen molar-refractivity contribution in [1.29, 1.82) is 0 Å². The SMILES string of the molecule is CC1Cc2ccccc2O1.Cc1cc2ccncc2o1. The third-order valence-electron chi connectivity index (χ3n) is 3.25. The summed E-state index contributed by atoms with van der Waals surface area (Å²) >= 11 is 0. The topological polar surface area (TPSA) is 35.3 Å². The van der Waals surface area contributed by atoms with E-state index in [0.29, 0.717) is 6.10 Å². The van der Waals surface area contributed by atoms with Crippen LogP contribution in [0.4, 0.5) is 0 Å². The molecule has 0 amide bonds. The van der Waals surface area contributed by atoms with E-state index in [-0.39, 0.29) is 0 Å². The van der Waals surface area contributed by atoms with Gasteiger partial charge in [-0.2, -0.15) is 0 Å². The highest BCUT2D eigenvalue weighted by molar-refractivity contribution is 5.76. The number of hydrogen-bond donors (Lipinski definition) is 0. The molecule has 0 N–H and O–H groups in total. The maximum absolute atomic E-state index is 5.51. The van der Waals surface area contributed by atoms with Crippen molar-refractivity contribution in [3.05, 3.63) is 60.1 Å². The molecule has 3 heteroatoms. The van der Waals surface area contributed by atoms with Gasteiger partial charge in [0.1, 0.15) is 17.6 Å². The Labute approximate surface area is 118 Å². The fraction of sp³-hybridized carbons (Fsp3) is 0.235. The van der Waals surface area contributed by atoms with Crippen LogP contribution in [0.3, 0.4) is 0 Å². The van der Waals surface area contributed by atoms with E-state index in [0.717, 1.165) is 28.9 Å². The quantitative estimate of drug-likeness (QED) is 0.614. The molecule has 1 unspecified atom stereocenters. The number of aryl methyl sites for hydroxylation is 1. The normalized spacial score (nSPS) is 16.2. The summed E-state index contributed by atoms with van der Waals surface area (Å²) in [6.45, 7) is 4.03. The van der Waals surface area contributed by atoms with E-state index in [9.17, 15) is 0 Å². The van der Waals surface area contributed by atoms with E-state index in [1.807, 2.05) is 31.2 Å². The number of ether oxygens (including phenoxy) is 1. The second-order valence-corrected chi connectivity index (χ2v) is 5.01. The van der Waals surface area contributed by atoms with Crippen LogP contribution in [-0.4, -0.2) is 11.1 Å². The Balaban J connectivity index is 0.000000121. The predicted molar refractivity (Wildman–Crippen MR) is 79.0 cm³/mol. The Hall–Kier alpha value is -2.29. The molecule has 0 fully saturated rings. The third-order valence-corrected chi connectivity index (χ3v) is 3.25. The molecular formula is C17H17NO2. The van der Waals surface area contributed by atoms with Crippen molar-refractivity contribution in [1.82, 2.24) is 4.98 Å². The van der Waals surface area contributed by atoms with Crippen molar-refractivity contribution in [2.75, 3.05) is 0 Å². The largest absolute Gasteiger partial charge is 0.490 e. The minimum Gasteiger partial charge on any atom is -0.490 e. The van der Waals surface area contributed by atoms with Gasteiger partial charge in [0.2, 0.25) is 0 Å². The Morgan fingerprint density at radius 3 is 2.85 bits per heavy atom. The molecule has 0 bridgehead atoms. The van der Waals surface area contributed by atoms with Gasteiger partial charge in [-0.1, -0.05) is 18.2 Å². The molecule has 0 spiro atoms. The lowest BCUT2D eigenvalue weighted by atomic mass is 10.1. The molecule has 0 saturated carbocycles. The summed E-state index contributed by atoms with van der Waals surface area (Å²) in [6.07, 6.45) is 4.92. The van der Waals surface area contributed by atoms with Crippen LogP contribution < -0.4 is 4.74 Å². The van der Waals surface area contributed by atoms with Gasteiger partial charge in [-0.15, -0.1) is 0 Å². The van der Waals surface area contributed by atoms with E-state index < -0.39 is 0 Å². The standard InChI is InChI=1S/C9H10O.C8H7NO/c1-7-6-8-4-2-3-5-9(8)10-7;1-6-4-7-2-3-9-5-8(7)10-6/h2-5,7H,6H2,1H3;2-5H,1H3. The zero-order valence-electron chi connectivity index (χ0n) is 11.7. The number of pyridine rings is 1. The van der Waals surface area contributed by atoms with Crippen molar-refractivity contribution in [3.63, 3.8) is 0 Å². The first kappa shape index (κ1) is 12.7. The van der Waals surface area contributed by atoms with E-state index in [1.165, 1.54) is 5.56 Å². The van der Waals surface area contributed by atoms with E-state index >= 15 is 0 Å². The van der Waals surface area contributed by atoms with Crippen LogP contribution in [0.5, 0.6) is 5.75 Å². The molecular weight excluding hydrogens is 250 g/mol. The number of hydrogen-bond acceptors (Lipinski definition) is 3. The first-order chi connectivity index (χ1) is 9.72. The van der Waals surface area contributed by atoms with E-state index in [2.05, 4.69) is 24.0 Å². The molecule has 102 valence electrons. The van der Waals surface area contributed by atoms with Crippen molar-refractivity contribution < 1.29 is 9.15 Å². The van der Waals surface area contributed by atoms with Gasteiger partial charge in [-0.05, 0) is 37.6 Å². The molecule has 1 aliphatic heterocycles. The molecule has 2 aromatic heterocycles. The summed E-state index contributed by atoms with van der Waals surface area (Å²) in [7, 11) is 0. The Morgan fingerprint density at radius 2 is 2.05 bits per heavy atom. The lowest BCUT2D eigenvalue weighted by Crippen LogP contribution is -2.05. The Bertz CT molecular complexity index is 660. The number of nitrogens with zero attached hydrogens (tertiary/aromatic N) is 1. The van der Waals surface area contributed by atoms with Gasteiger partial charge in [-0.25, -0.2) is 0 Å². The second kappa shape index (κ2) is 5.37. The zero-order valence-corrected chi connectivity index (χ0v) is 11.7. The molecule has 20 heavy (non-hydrogen) atoms. The van der Waals surface area contributed by atoms with E-state index in [4.69, 9.17) is 9.15 Å². The zero-order chi connectivity index (χ0) is 13.9. The predicted octanol–water partition coefficient (Wildman–Crippen LogP) is 4.15. The first-order valence-corrected chi connectivity index (χ1v) is 6.77. The molecule has 1 atom stereocenters. The molecule has 0 saturated heterocycles. The molecule has 1 aromatic carbocycles. The maximum atomic E-state index is 5.51. The van der Waals surface area contributed by atoms with Crippen LogP contribution in [0.1, 0.15) is 18.2 Å². The molecule has 0 aliphatic carbocycles. The fourth-order valence-corrected chi connectivity index (χ4v) is 2.37.